The fourth-order valence-electron chi connectivity index (χ4n) is 0.884. The number of carboxylic acid groups (broad SMARTS) is 1. The zero-order chi connectivity index (χ0) is 10.6. The van der Waals surface area contributed by atoms with Crippen LogP contribution in [0.4, 0.5) is 0 Å². The molecule has 0 fully saturated rings. The highest BCUT2D eigenvalue weighted by molar-refractivity contribution is 9.10. The summed E-state index contributed by atoms with van der Waals surface area (Å²) < 4.78 is 5.58. The molecule has 1 aromatic carbocycles. The molecule has 72 valence electrons. The fraction of sp³-hybridized carbons (Fsp3) is 0.100. The lowest BCUT2D eigenvalue weighted by molar-refractivity contribution is 0.0696. The predicted octanol–water partition coefficient (Wildman–Crippen LogP) is 2.16. The van der Waals surface area contributed by atoms with E-state index in [1.165, 1.54) is 6.07 Å². The van der Waals surface area contributed by atoms with E-state index in [-0.39, 0.29) is 12.2 Å². The number of carboxylic acids is 1. The van der Waals surface area contributed by atoms with Crippen LogP contribution in [0.5, 0.6) is 5.75 Å². The van der Waals surface area contributed by atoms with Crippen LogP contribution in [0.1, 0.15) is 10.4 Å². The molecular weight excluding hydrogens is 248 g/mol. The van der Waals surface area contributed by atoms with Gasteiger partial charge < -0.3 is 9.84 Å². The molecule has 0 bridgehead atoms. The summed E-state index contributed by atoms with van der Waals surface area (Å²) in [5, 5.41) is 8.73. The number of aromatic carboxylic acids is 1. The van der Waals surface area contributed by atoms with E-state index in [9.17, 15) is 4.79 Å². The molecule has 0 aliphatic heterocycles. The molecule has 0 aromatic heterocycles. The molecule has 1 aromatic rings. The number of benzene rings is 1. The lowest BCUT2D eigenvalue weighted by Gasteiger charge is -2.04. The van der Waals surface area contributed by atoms with Gasteiger partial charge >= 0.3 is 5.97 Å². The Bertz CT molecular complexity index is 393. The molecule has 0 aliphatic rings. The Hall–Kier alpha value is -1.47. The van der Waals surface area contributed by atoms with Gasteiger partial charge in [-0.3, -0.25) is 0 Å². The molecular formula is C10H7BrO3. The summed E-state index contributed by atoms with van der Waals surface area (Å²) in [6.45, 7) is 0.166. The van der Waals surface area contributed by atoms with Crippen molar-refractivity contribution in [2.45, 2.75) is 0 Å². The van der Waals surface area contributed by atoms with E-state index in [4.69, 9.17) is 16.3 Å². The second kappa shape index (κ2) is 4.68. The van der Waals surface area contributed by atoms with Crippen LogP contribution in [0.3, 0.4) is 0 Å². The first kappa shape index (κ1) is 10.6. The molecule has 4 heteroatoms. The van der Waals surface area contributed by atoms with Crippen molar-refractivity contribution in [2.24, 2.45) is 0 Å². The molecule has 14 heavy (non-hydrogen) atoms. The molecule has 0 spiro atoms. The second-order valence-corrected chi connectivity index (χ2v) is 3.29. The zero-order valence-corrected chi connectivity index (χ0v) is 8.74. The number of ether oxygens (including phenoxy) is 1. The summed E-state index contributed by atoms with van der Waals surface area (Å²) in [6.07, 6.45) is 5.01. The minimum Gasteiger partial charge on any atom is -0.481 e. The van der Waals surface area contributed by atoms with Crippen LogP contribution in [-0.4, -0.2) is 17.7 Å². The monoisotopic (exact) mass is 254 g/mol. The molecule has 0 amide bonds. The Kier molecular flexibility index (Phi) is 3.55. The van der Waals surface area contributed by atoms with E-state index in [1.54, 1.807) is 12.1 Å². The molecule has 0 saturated heterocycles. The topological polar surface area (TPSA) is 46.5 Å². The van der Waals surface area contributed by atoms with E-state index >= 15 is 0 Å². The molecule has 0 unspecified atom stereocenters. The molecule has 0 aliphatic carbocycles. The molecule has 0 radical (unpaired) electrons. The van der Waals surface area contributed by atoms with Crippen molar-refractivity contribution in [1.29, 1.82) is 0 Å². The second-order valence-electron chi connectivity index (χ2n) is 2.44. The first-order chi connectivity index (χ1) is 6.65. The lowest BCUT2D eigenvalue weighted by atomic mass is 10.2. The van der Waals surface area contributed by atoms with Crippen molar-refractivity contribution in [3.63, 3.8) is 0 Å². The van der Waals surface area contributed by atoms with Gasteiger partial charge in [0.15, 0.2) is 0 Å². The van der Waals surface area contributed by atoms with E-state index in [0.717, 1.165) is 0 Å². The first-order valence-corrected chi connectivity index (χ1v) is 4.53. The van der Waals surface area contributed by atoms with E-state index in [2.05, 4.69) is 21.9 Å². The van der Waals surface area contributed by atoms with Gasteiger partial charge in [0.2, 0.25) is 0 Å². The smallest absolute Gasteiger partial charge is 0.336 e. The number of terminal acetylenes is 1. The van der Waals surface area contributed by atoms with Crippen LogP contribution >= 0.6 is 15.9 Å². The Balaban J connectivity index is 2.90. The Labute approximate surface area is 89.8 Å². The van der Waals surface area contributed by atoms with Gasteiger partial charge in [0, 0.05) is 4.47 Å². The fourth-order valence-corrected chi connectivity index (χ4v) is 1.41. The van der Waals surface area contributed by atoms with E-state index < -0.39 is 5.97 Å². The van der Waals surface area contributed by atoms with E-state index in [0.29, 0.717) is 10.2 Å². The molecule has 3 nitrogen and oxygen atoms in total. The summed E-state index contributed by atoms with van der Waals surface area (Å²) in [6, 6.07) is 4.59. The lowest BCUT2D eigenvalue weighted by Crippen LogP contribution is -1.99. The number of rotatable bonds is 3. The van der Waals surface area contributed by atoms with Crippen LogP contribution in [0.15, 0.2) is 22.7 Å². The van der Waals surface area contributed by atoms with Gasteiger partial charge in [0.05, 0.1) is 5.56 Å². The maximum absolute atomic E-state index is 10.6. The minimum absolute atomic E-state index is 0.166. The zero-order valence-electron chi connectivity index (χ0n) is 7.16. The summed E-state index contributed by atoms with van der Waals surface area (Å²) in [4.78, 5) is 10.6. The average Bonchev–Trinajstić information content (AvgIpc) is 2.14. The Morgan fingerprint density at radius 3 is 2.86 bits per heavy atom. The predicted molar refractivity (Wildman–Crippen MR) is 55.4 cm³/mol. The van der Waals surface area contributed by atoms with Crippen molar-refractivity contribution >= 4 is 21.9 Å². The highest BCUT2D eigenvalue weighted by Crippen LogP contribution is 2.22. The third-order valence-electron chi connectivity index (χ3n) is 1.49. The first-order valence-electron chi connectivity index (χ1n) is 3.74. The Morgan fingerprint density at radius 1 is 1.64 bits per heavy atom. The van der Waals surface area contributed by atoms with Crippen LogP contribution < -0.4 is 4.74 Å². The minimum atomic E-state index is -0.986. The van der Waals surface area contributed by atoms with Crippen LogP contribution in [0, 0.1) is 12.3 Å². The number of hydrogen-bond acceptors (Lipinski definition) is 2. The SMILES string of the molecule is C#CCOc1ccc(C(=O)O)c(Br)c1. The van der Waals surface area contributed by atoms with Crippen LogP contribution in [0.25, 0.3) is 0 Å². The highest BCUT2D eigenvalue weighted by Gasteiger charge is 2.08. The van der Waals surface area contributed by atoms with Crippen LogP contribution in [0.2, 0.25) is 0 Å². The standard InChI is InChI=1S/C10H7BrO3/c1-2-5-14-7-3-4-8(10(12)13)9(11)6-7/h1,3-4,6H,5H2,(H,12,13). The van der Waals surface area contributed by atoms with Gasteiger partial charge in [-0.25, -0.2) is 4.79 Å². The van der Waals surface area contributed by atoms with Gasteiger partial charge in [-0.15, -0.1) is 6.42 Å². The molecule has 1 N–H and O–H groups in total. The van der Waals surface area contributed by atoms with Crippen molar-refractivity contribution in [3.05, 3.63) is 28.2 Å². The summed E-state index contributed by atoms with van der Waals surface area (Å²) in [5.74, 6) is 1.87. The third kappa shape index (κ3) is 2.51. The molecule has 0 atom stereocenters. The van der Waals surface area contributed by atoms with Crippen molar-refractivity contribution < 1.29 is 14.6 Å². The summed E-state index contributed by atoms with van der Waals surface area (Å²) >= 11 is 3.13. The highest BCUT2D eigenvalue weighted by atomic mass is 79.9. The van der Waals surface area contributed by atoms with Crippen molar-refractivity contribution in [3.8, 4) is 18.1 Å². The number of halogens is 1. The van der Waals surface area contributed by atoms with Gasteiger partial charge in [-0.1, -0.05) is 5.92 Å². The van der Waals surface area contributed by atoms with Gasteiger partial charge in [0.1, 0.15) is 12.4 Å². The van der Waals surface area contributed by atoms with Crippen molar-refractivity contribution in [2.75, 3.05) is 6.61 Å². The maximum Gasteiger partial charge on any atom is 0.336 e. The molecule has 0 saturated carbocycles. The van der Waals surface area contributed by atoms with Crippen LogP contribution in [-0.2, 0) is 0 Å². The third-order valence-corrected chi connectivity index (χ3v) is 2.15. The molecule has 1 rings (SSSR count). The largest absolute Gasteiger partial charge is 0.481 e. The van der Waals surface area contributed by atoms with Gasteiger partial charge in [0.25, 0.3) is 0 Å². The van der Waals surface area contributed by atoms with Crippen molar-refractivity contribution in [1.82, 2.24) is 0 Å². The molecule has 0 heterocycles. The van der Waals surface area contributed by atoms with Gasteiger partial charge in [-0.05, 0) is 34.1 Å². The maximum atomic E-state index is 10.6. The summed E-state index contributed by atoms with van der Waals surface area (Å²) in [5.41, 5.74) is 0.193. The number of carbonyl (C=O) groups is 1. The Morgan fingerprint density at radius 2 is 2.36 bits per heavy atom. The quantitative estimate of drug-likeness (QED) is 0.842. The summed E-state index contributed by atoms with van der Waals surface area (Å²) in [7, 11) is 0. The number of hydrogen-bond donors (Lipinski definition) is 1. The average molecular weight is 255 g/mol. The van der Waals surface area contributed by atoms with E-state index in [1.807, 2.05) is 0 Å². The van der Waals surface area contributed by atoms with Gasteiger partial charge in [-0.2, -0.15) is 0 Å². The normalized spacial score (nSPS) is 9.14.